The van der Waals surface area contributed by atoms with E-state index in [2.05, 4.69) is 0 Å². The van der Waals surface area contributed by atoms with Crippen molar-refractivity contribution in [2.45, 2.75) is 0 Å². The summed E-state index contributed by atoms with van der Waals surface area (Å²) in [6.45, 7) is 0. The van der Waals surface area contributed by atoms with Gasteiger partial charge in [-0.15, -0.1) is 0 Å². The number of methoxy groups -OCH3 is 1. The van der Waals surface area contributed by atoms with E-state index in [1.54, 1.807) is 31.4 Å². The minimum atomic E-state index is 0.254. The van der Waals surface area contributed by atoms with Crippen LogP contribution < -0.4 is 4.74 Å². The molecule has 0 unspecified atom stereocenters. The van der Waals surface area contributed by atoms with Crippen molar-refractivity contribution in [3.8, 4) is 17.2 Å². The first-order valence-electron chi connectivity index (χ1n) is 8.26. The predicted octanol–water partition coefficient (Wildman–Crippen LogP) is 5.45. The fraction of sp³-hybridized carbons (Fsp3) is 0.0435. The molecule has 0 amide bonds. The molecular weight excluding hydrogens is 323 g/mol. The first kappa shape index (κ1) is 17.4. The average Bonchev–Trinajstić information content (AvgIpc) is 2.67. The van der Waals surface area contributed by atoms with Gasteiger partial charge in [0.2, 0.25) is 0 Å². The van der Waals surface area contributed by atoms with Gasteiger partial charge in [0.15, 0.2) is 0 Å². The van der Waals surface area contributed by atoms with Crippen LogP contribution in [-0.4, -0.2) is 17.3 Å². The van der Waals surface area contributed by atoms with Crippen molar-refractivity contribution >= 4 is 24.3 Å². The van der Waals surface area contributed by atoms with Crippen molar-refractivity contribution in [2.75, 3.05) is 7.11 Å². The van der Waals surface area contributed by atoms with Crippen molar-refractivity contribution in [1.82, 2.24) is 0 Å². The maximum absolute atomic E-state index is 9.34. The largest absolute Gasteiger partial charge is 0.508 e. The summed E-state index contributed by atoms with van der Waals surface area (Å²) in [4.78, 5) is 0. The molecule has 0 aliphatic heterocycles. The summed E-state index contributed by atoms with van der Waals surface area (Å²) in [5.41, 5.74) is 4.01. The number of aromatic hydroxyl groups is 2. The molecule has 0 saturated carbocycles. The van der Waals surface area contributed by atoms with Crippen molar-refractivity contribution in [2.24, 2.45) is 0 Å². The second kappa shape index (κ2) is 8.08. The molecule has 3 aromatic carbocycles. The smallest absolute Gasteiger partial charge is 0.126 e. The van der Waals surface area contributed by atoms with E-state index >= 15 is 0 Å². The Bertz CT molecular complexity index is 921. The lowest BCUT2D eigenvalue weighted by atomic mass is 10.1. The Balaban J connectivity index is 1.78. The topological polar surface area (TPSA) is 49.7 Å². The first-order valence-corrected chi connectivity index (χ1v) is 8.26. The molecule has 26 heavy (non-hydrogen) atoms. The lowest BCUT2D eigenvalue weighted by Crippen LogP contribution is -1.87. The van der Waals surface area contributed by atoms with Gasteiger partial charge in [0.25, 0.3) is 0 Å². The maximum Gasteiger partial charge on any atom is 0.126 e. The van der Waals surface area contributed by atoms with Gasteiger partial charge >= 0.3 is 0 Å². The Morgan fingerprint density at radius 2 is 1.08 bits per heavy atom. The van der Waals surface area contributed by atoms with Crippen molar-refractivity contribution in [1.29, 1.82) is 0 Å². The summed E-state index contributed by atoms with van der Waals surface area (Å²) >= 11 is 0. The normalized spacial score (nSPS) is 11.3. The van der Waals surface area contributed by atoms with Crippen LogP contribution in [0.1, 0.15) is 22.3 Å². The van der Waals surface area contributed by atoms with E-state index < -0.39 is 0 Å². The van der Waals surface area contributed by atoms with E-state index in [0.717, 1.165) is 28.0 Å². The summed E-state index contributed by atoms with van der Waals surface area (Å²) in [5, 5.41) is 18.7. The minimum Gasteiger partial charge on any atom is -0.508 e. The molecule has 3 rings (SSSR count). The third kappa shape index (κ3) is 4.54. The molecule has 0 heterocycles. The van der Waals surface area contributed by atoms with E-state index in [1.807, 2.05) is 66.8 Å². The van der Waals surface area contributed by atoms with E-state index in [0.29, 0.717) is 0 Å². The number of hydrogen-bond donors (Lipinski definition) is 2. The van der Waals surface area contributed by atoms with Crippen LogP contribution in [0.25, 0.3) is 24.3 Å². The summed E-state index contributed by atoms with van der Waals surface area (Å²) in [6, 6.07) is 20.1. The van der Waals surface area contributed by atoms with E-state index in [1.165, 1.54) is 0 Å². The van der Waals surface area contributed by atoms with Crippen molar-refractivity contribution in [3.63, 3.8) is 0 Å². The molecule has 0 spiro atoms. The zero-order valence-electron chi connectivity index (χ0n) is 14.5. The molecule has 130 valence electrons. The van der Waals surface area contributed by atoms with Gasteiger partial charge in [-0.2, -0.15) is 0 Å². The molecule has 0 saturated heterocycles. The number of hydrogen-bond acceptors (Lipinski definition) is 3. The highest BCUT2D eigenvalue weighted by Crippen LogP contribution is 2.24. The van der Waals surface area contributed by atoms with Gasteiger partial charge in [-0.3, -0.25) is 0 Å². The molecule has 2 N–H and O–H groups in total. The molecule has 3 aromatic rings. The summed E-state index contributed by atoms with van der Waals surface area (Å²) in [7, 11) is 1.65. The van der Waals surface area contributed by atoms with Gasteiger partial charge in [0.1, 0.15) is 17.2 Å². The molecule has 3 nitrogen and oxygen atoms in total. The molecule has 0 aliphatic rings. The van der Waals surface area contributed by atoms with Gasteiger partial charge in [0.05, 0.1) is 7.11 Å². The van der Waals surface area contributed by atoms with Crippen LogP contribution in [0.15, 0.2) is 66.7 Å². The van der Waals surface area contributed by atoms with Crippen LogP contribution in [0.2, 0.25) is 0 Å². The molecule has 0 aromatic heterocycles. The quantitative estimate of drug-likeness (QED) is 0.606. The molecule has 0 fully saturated rings. The van der Waals surface area contributed by atoms with Gasteiger partial charge in [0, 0.05) is 5.56 Å². The second-order valence-corrected chi connectivity index (χ2v) is 5.85. The summed E-state index contributed by atoms with van der Waals surface area (Å²) in [5.74, 6) is 1.30. The predicted molar refractivity (Wildman–Crippen MR) is 107 cm³/mol. The van der Waals surface area contributed by atoms with Crippen molar-refractivity contribution < 1.29 is 14.9 Å². The second-order valence-electron chi connectivity index (χ2n) is 5.85. The third-order valence-electron chi connectivity index (χ3n) is 3.97. The standard InChI is InChI=1S/C23H20O3/c1-26-23-16-19(3-2-17-6-12-21(24)13-7-17)5-11-20(23)10-4-18-8-14-22(25)15-9-18/h2-16,24-25H,1H3/b3-2+,10-4+/i1-1. The highest BCUT2D eigenvalue weighted by Gasteiger charge is 2.01. The molecule has 0 atom stereocenters. The third-order valence-corrected chi connectivity index (χ3v) is 3.97. The first-order chi connectivity index (χ1) is 12.6. The minimum absolute atomic E-state index is 0.254. The van der Waals surface area contributed by atoms with Crippen LogP contribution in [0.3, 0.4) is 0 Å². The zero-order valence-corrected chi connectivity index (χ0v) is 14.5. The van der Waals surface area contributed by atoms with E-state index in [-0.39, 0.29) is 11.5 Å². The van der Waals surface area contributed by atoms with Crippen LogP contribution in [0.4, 0.5) is 0 Å². The van der Waals surface area contributed by atoms with Crippen LogP contribution in [0, 0.1) is 0 Å². The Morgan fingerprint density at radius 3 is 1.62 bits per heavy atom. The Kier molecular flexibility index (Phi) is 5.40. The number of phenols is 2. The maximum atomic E-state index is 9.34. The van der Waals surface area contributed by atoms with Crippen LogP contribution >= 0.6 is 0 Å². The van der Waals surface area contributed by atoms with E-state index in [4.69, 9.17) is 4.74 Å². The molecule has 0 aliphatic carbocycles. The molecular formula is C23H20O3. The molecule has 3 heteroatoms. The number of benzene rings is 3. The van der Waals surface area contributed by atoms with E-state index in [9.17, 15) is 10.2 Å². The SMILES string of the molecule is [11CH3]Oc1cc(/C=C/c2ccc(O)cc2)ccc1/C=C/c1ccc(O)cc1. The monoisotopic (exact) mass is 343 g/mol. The lowest BCUT2D eigenvalue weighted by Gasteiger charge is -2.06. The summed E-state index contributed by atoms with van der Waals surface area (Å²) < 4.78 is 5.50. The fourth-order valence-corrected chi connectivity index (χ4v) is 2.52. The van der Waals surface area contributed by atoms with Gasteiger partial charge in [-0.25, -0.2) is 0 Å². The highest BCUT2D eigenvalue weighted by molar-refractivity contribution is 5.76. The Labute approximate surface area is 153 Å². The number of ether oxygens (including phenoxy) is 1. The summed E-state index contributed by atoms with van der Waals surface area (Å²) in [6.07, 6.45) is 7.95. The van der Waals surface area contributed by atoms with Gasteiger partial charge in [-0.05, 0) is 47.0 Å². The Morgan fingerprint density at radius 1 is 0.615 bits per heavy atom. The Hall–Kier alpha value is -3.46. The number of phenolic OH excluding ortho intramolecular Hbond substituents is 2. The number of rotatable bonds is 5. The zero-order chi connectivity index (χ0) is 18.4. The lowest BCUT2D eigenvalue weighted by molar-refractivity contribution is 0.414. The van der Waals surface area contributed by atoms with Gasteiger partial charge in [-0.1, -0.05) is 60.7 Å². The fourth-order valence-electron chi connectivity index (χ4n) is 2.52. The van der Waals surface area contributed by atoms with Crippen molar-refractivity contribution in [3.05, 3.63) is 89.0 Å². The molecule has 0 bridgehead atoms. The average molecular weight is 343 g/mol. The highest BCUT2D eigenvalue weighted by atomic mass is 16.4. The molecule has 0 radical (unpaired) electrons. The van der Waals surface area contributed by atoms with Crippen LogP contribution in [0.5, 0.6) is 17.2 Å². The van der Waals surface area contributed by atoms with Gasteiger partial charge < -0.3 is 14.9 Å². The van der Waals surface area contributed by atoms with Crippen LogP contribution in [-0.2, 0) is 0 Å².